The number of methoxy groups -OCH3 is 1. The van der Waals surface area contributed by atoms with Gasteiger partial charge in [-0.15, -0.1) is 0 Å². The molecule has 0 amide bonds. The second-order valence-corrected chi connectivity index (χ2v) is 6.69. The maximum Gasteiger partial charge on any atom is 0.124 e. The first-order chi connectivity index (χ1) is 9.95. The lowest BCUT2D eigenvalue weighted by atomic mass is 9.83. The van der Waals surface area contributed by atoms with Crippen molar-refractivity contribution in [1.82, 2.24) is 5.32 Å². The van der Waals surface area contributed by atoms with Crippen LogP contribution in [0.4, 0.5) is 0 Å². The summed E-state index contributed by atoms with van der Waals surface area (Å²) in [7, 11) is 1.68. The van der Waals surface area contributed by atoms with Gasteiger partial charge in [-0.25, -0.2) is 0 Å². The number of fused-ring (bicyclic) bond motifs is 1. The maximum absolute atomic E-state index is 9.32. The van der Waals surface area contributed by atoms with Crippen molar-refractivity contribution in [1.29, 1.82) is 0 Å². The van der Waals surface area contributed by atoms with E-state index in [4.69, 9.17) is 9.47 Å². The van der Waals surface area contributed by atoms with Crippen molar-refractivity contribution in [3.8, 4) is 11.5 Å². The Balaban J connectivity index is 2.22. The Kier molecular flexibility index (Phi) is 5.12. The van der Waals surface area contributed by atoms with E-state index >= 15 is 0 Å². The van der Waals surface area contributed by atoms with Crippen LogP contribution in [0, 0.1) is 5.41 Å². The number of hydrogen-bond donors (Lipinski definition) is 2. The van der Waals surface area contributed by atoms with Gasteiger partial charge in [0, 0.05) is 30.7 Å². The molecule has 4 heteroatoms. The molecule has 0 bridgehead atoms. The summed E-state index contributed by atoms with van der Waals surface area (Å²) in [5.74, 6) is 1.77. The van der Waals surface area contributed by atoms with E-state index in [-0.39, 0.29) is 24.1 Å². The molecule has 0 aromatic heterocycles. The predicted molar refractivity (Wildman–Crippen MR) is 83.9 cm³/mol. The molecule has 1 aliphatic rings. The summed E-state index contributed by atoms with van der Waals surface area (Å²) in [5, 5.41) is 13.0. The highest BCUT2D eigenvalue weighted by molar-refractivity contribution is 5.43. The molecule has 2 N–H and O–H groups in total. The van der Waals surface area contributed by atoms with Crippen molar-refractivity contribution in [2.75, 3.05) is 20.3 Å². The lowest BCUT2D eigenvalue weighted by molar-refractivity contribution is 0.167. The van der Waals surface area contributed by atoms with Crippen LogP contribution < -0.4 is 14.8 Å². The molecular formula is C17H27NO3. The maximum atomic E-state index is 9.32. The van der Waals surface area contributed by atoms with Crippen molar-refractivity contribution in [2.24, 2.45) is 5.41 Å². The molecule has 2 atom stereocenters. The van der Waals surface area contributed by atoms with Gasteiger partial charge in [0.1, 0.15) is 11.5 Å². The average molecular weight is 293 g/mol. The van der Waals surface area contributed by atoms with Gasteiger partial charge in [-0.3, -0.25) is 0 Å². The second kappa shape index (κ2) is 6.67. The first kappa shape index (κ1) is 16.1. The van der Waals surface area contributed by atoms with E-state index in [1.54, 1.807) is 7.11 Å². The highest BCUT2D eigenvalue weighted by Crippen LogP contribution is 2.36. The number of nitrogens with one attached hydrogen (secondary N) is 1. The molecule has 0 aliphatic carbocycles. The molecule has 1 aliphatic heterocycles. The second-order valence-electron chi connectivity index (χ2n) is 6.69. The molecule has 0 radical (unpaired) electrons. The zero-order chi connectivity index (χ0) is 15.5. The quantitative estimate of drug-likeness (QED) is 0.876. The molecule has 2 unspecified atom stereocenters. The minimum Gasteiger partial charge on any atom is -0.497 e. The van der Waals surface area contributed by atoms with Gasteiger partial charge in [-0.2, -0.15) is 0 Å². The molecule has 4 nitrogen and oxygen atoms in total. The van der Waals surface area contributed by atoms with Crippen LogP contribution >= 0.6 is 0 Å². The third-order valence-electron chi connectivity index (χ3n) is 4.12. The third-order valence-corrected chi connectivity index (χ3v) is 4.12. The van der Waals surface area contributed by atoms with Crippen LogP contribution in [0.25, 0.3) is 0 Å². The first-order valence-corrected chi connectivity index (χ1v) is 7.63. The van der Waals surface area contributed by atoms with Gasteiger partial charge in [0.25, 0.3) is 0 Å². The summed E-state index contributed by atoms with van der Waals surface area (Å²) in [6, 6.07) is 6.44. The summed E-state index contributed by atoms with van der Waals surface area (Å²) in [4.78, 5) is 0. The monoisotopic (exact) mass is 293 g/mol. The Morgan fingerprint density at radius 2 is 2.19 bits per heavy atom. The minimum atomic E-state index is 0.0973. The van der Waals surface area contributed by atoms with Crippen molar-refractivity contribution in [3.05, 3.63) is 23.8 Å². The predicted octanol–water partition coefficient (Wildman–Crippen LogP) is 2.91. The molecule has 0 saturated heterocycles. The minimum absolute atomic E-state index is 0.0973. The summed E-state index contributed by atoms with van der Waals surface area (Å²) < 4.78 is 11.1. The van der Waals surface area contributed by atoms with E-state index in [0.29, 0.717) is 6.61 Å². The molecule has 0 spiro atoms. The van der Waals surface area contributed by atoms with E-state index < -0.39 is 0 Å². The first-order valence-electron chi connectivity index (χ1n) is 7.63. The van der Waals surface area contributed by atoms with Gasteiger partial charge in [0.15, 0.2) is 0 Å². The Morgan fingerprint density at radius 1 is 1.43 bits per heavy atom. The van der Waals surface area contributed by atoms with Crippen molar-refractivity contribution >= 4 is 0 Å². The SMILES string of the molecule is COc1ccc2c(c1)C(NC(CCO)C(C)(C)C)CCO2. The number of benzene rings is 1. The van der Waals surface area contributed by atoms with E-state index in [2.05, 4.69) is 26.1 Å². The largest absolute Gasteiger partial charge is 0.497 e. The fraction of sp³-hybridized carbons (Fsp3) is 0.647. The molecule has 21 heavy (non-hydrogen) atoms. The van der Waals surface area contributed by atoms with Gasteiger partial charge in [0.2, 0.25) is 0 Å². The normalized spacial score (nSPS) is 19.6. The van der Waals surface area contributed by atoms with Crippen molar-refractivity contribution in [3.63, 3.8) is 0 Å². The van der Waals surface area contributed by atoms with Crippen molar-refractivity contribution in [2.45, 2.75) is 45.7 Å². The topological polar surface area (TPSA) is 50.7 Å². The molecular weight excluding hydrogens is 266 g/mol. The number of aliphatic hydroxyl groups is 1. The average Bonchev–Trinajstić information content (AvgIpc) is 2.45. The molecule has 1 aromatic carbocycles. The molecule has 0 saturated carbocycles. The van der Waals surface area contributed by atoms with E-state index in [1.165, 1.54) is 0 Å². The molecule has 118 valence electrons. The van der Waals surface area contributed by atoms with Gasteiger partial charge < -0.3 is 19.9 Å². The van der Waals surface area contributed by atoms with Gasteiger partial charge >= 0.3 is 0 Å². The van der Waals surface area contributed by atoms with Crippen LogP contribution in [-0.4, -0.2) is 31.5 Å². The van der Waals surface area contributed by atoms with E-state index in [1.807, 2.05) is 18.2 Å². The summed E-state index contributed by atoms with van der Waals surface area (Å²) in [5.41, 5.74) is 1.24. The van der Waals surface area contributed by atoms with Crippen LogP contribution in [-0.2, 0) is 0 Å². The lowest BCUT2D eigenvalue weighted by Crippen LogP contribution is -2.44. The third kappa shape index (κ3) is 3.89. The Bertz CT molecular complexity index is 468. The van der Waals surface area contributed by atoms with Crippen LogP contribution in [0.2, 0.25) is 0 Å². The van der Waals surface area contributed by atoms with Gasteiger partial charge in [0.05, 0.1) is 13.7 Å². The number of aliphatic hydroxyl groups excluding tert-OH is 1. The van der Waals surface area contributed by atoms with Gasteiger partial charge in [-0.05, 0) is 30.0 Å². The number of ether oxygens (including phenoxy) is 2. The number of rotatable bonds is 5. The van der Waals surface area contributed by atoms with Gasteiger partial charge in [-0.1, -0.05) is 20.8 Å². The van der Waals surface area contributed by atoms with E-state index in [9.17, 15) is 5.11 Å². The Morgan fingerprint density at radius 3 is 2.81 bits per heavy atom. The van der Waals surface area contributed by atoms with Crippen LogP contribution in [0.15, 0.2) is 18.2 Å². The van der Waals surface area contributed by atoms with Crippen molar-refractivity contribution < 1.29 is 14.6 Å². The number of hydrogen-bond acceptors (Lipinski definition) is 4. The molecule has 1 aromatic rings. The fourth-order valence-electron chi connectivity index (χ4n) is 2.81. The Hall–Kier alpha value is -1.26. The fourth-order valence-corrected chi connectivity index (χ4v) is 2.81. The zero-order valence-corrected chi connectivity index (χ0v) is 13.5. The smallest absolute Gasteiger partial charge is 0.124 e. The standard InChI is InChI=1S/C17H27NO3/c1-17(2,3)16(7-9-19)18-14-8-10-21-15-6-5-12(20-4)11-13(14)15/h5-6,11,14,16,18-19H,7-10H2,1-4H3. The zero-order valence-electron chi connectivity index (χ0n) is 13.5. The molecule has 2 rings (SSSR count). The summed E-state index contributed by atoms with van der Waals surface area (Å²) in [6.07, 6.45) is 1.68. The Labute approximate surface area is 127 Å². The molecule has 0 fully saturated rings. The lowest BCUT2D eigenvalue weighted by Gasteiger charge is -2.37. The summed E-state index contributed by atoms with van der Waals surface area (Å²) in [6.45, 7) is 7.51. The summed E-state index contributed by atoms with van der Waals surface area (Å²) >= 11 is 0. The van der Waals surface area contributed by atoms with Crippen LogP contribution in [0.1, 0.15) is 45.2 Å². The van der Waals surface area contributed by atoms with Crippen LogP contribution in [0.5, 0.6) is 11.5 Å². The highest BCUT2D eigenvalue weighted by Gasteiger charge is 2.30. The van der Waals surface area contributed by atoms with E-state index in [0.717, 1.165) is 29.9 Å². The van der Waals surface area contributed by atoms with Crippen LogP contribution in [0.3, 0.4) is 0 Å². The molecule has 1 heterocycles. The highest BCUT2D eigenvalue weighted by atomic mass is 16.5.